The zero-order chi connectivity index (χ0) is 15.1. The molecule has 1 aromatic rings. The van der Waals surface area contributed by atoms with Gasteiger partial charge in [0.05, 0.1) is 24.8 Å². The molecule has 1 unspecified atom stereocenters. The van der Waals surface area contributed by atoms with Crippen molar-refractivity contribution >= 4 is 17.6 Å². The molecule has 0 fully saturated rings. The molecule has 20 heavy (non-hydrogen) atoms. The molecule has 1 aromatic heterocycles. The molecule has 0 bridgehead atoms. The number of aryl methyl sites for hydroxylation is 1. The number of esters is 1. The van der Waals surface area contributed by atoms with Crippen LogP contribution in [0.5, 0.6) is 0 Å². The maximum absolute atomic E-state index is 11.8. The molecule has 1 atom stereocenters. The minimum atomic E-state index is -0.424. The van der Waals surface area contributed by atoms with E-state index in [1.165, 1.54) is 7.11 Å². The molecule has 0 spiro atoms. The molecule has 0 radical (unpaired) electrons. The van der Waals surface area contributed by atoms with E-state index in [9.17, 15) is 9.59 Å². The Balaban J connectivity index is 2.67. The SMILES string of the molecule is CCOC(=O)c1cc(NC(=O)CC(CN)OC)cn1C. The standard InChI is InChI=1S/C13H21N3O4/c1-4-20-13(18)11-5-9(8-16(11)2)15-12(17)6-10(7-14)19-3/h5,8,10H,4,6-7,14H2,1-3H3,(H,15,17). The molecule has 0 aliphatic carbocycles. The highest BCUT2D eigenvalue weighted by atomic mass is 16.5. The summed E-state index contributed by atoms with van der Waals surface area (Å²) in [5.41, 5.74) is 6.37. The second kappa shape index (κ2) is 7.66. The minimum absolute atomic E-state index is 0.163. The third-order valence-electron chi connectivity index (χ3n) is 2.78. The van der Waals surface area contributed by atoms with Gasteiger partial charge in [-0.25, -0.2) is 4.79 Å². The fourth-order valence-electron chi connectivity index (χ4n) is 1.72. The average molecular weight is 283 g/mol. The van der Waals surface area contributed by atoms with Gasteiger partial charge in [-0.1, -0.05) is 0 Å². The Kier molecular flexibility index (Phi) is 6.20. The fourth-order valence-corrected chi connectivity index (χ4v) is 1.72. The Bertz CT molecular complexity index is 466. The zero-order valence-corrected chi connectivity index (χ0v) is 12.0. The Morgan fingerprint density at radius 1 is 1.50 bits per heavy atom. The maximum atomic E-state index is 11.8. The Morgan fingerprint density at radius 3 is 2.75 bits per heavy atom. The van der Waals surface area contributed by atoms with Gasteiger partial charge < -0.3 is 25.1 Å². The molecule has 7 heteroatoms. The van der Waals surface area contributed by atoms with E-state index in [4.69, 9.17) is 15.2 Å². The summed E-state index contributed by atoms with van der Waals surface area (Å²) in [5.74, 6) is -0.643. The highest BCUT2D eigenvalue weighted by molar-refractivity contribution is 5.94. The number of nitrogens with two attached hydrogens (primary N) is 1. The van der Waals surface area contributed by atoms with E-state index in [2.05, 4.69) is 5.32 Å². The summed E-state index contributed by atoms with van der Waals surface area (Å²) in [6.45, 7) is 2.31. The van der Waals surface area contributed by atoms with E-state index in [0.29, 0.717) is 18.0 Å². The van der Waals surface area contributed by atoms with Crippen molar-refractivity contribution in [2.45, 2.75) is 19.4 Å². The Morgan fingerprint density at radius 2 is 2.20 bits per heavy atom. The van der Waals surface area contributed by atoms with Crippen LogP contribution in [0.3, 0.4) is 0 Å². The van der Waals surface area contributed by atoms with E-state index in [1.807, 2.05) is 0 Å². The van der Waals surface area contributed by atoms with Crippen molar-refractivity contribution in [2.75, 3.05) is 25.6 Å². The highest BCUT2D eigenvalue weighted by Crippen LogP contribution is 2.14. The van der Waals surface area contributed by atoms with Gasteiger partial charge in [-0.3, -0.25) is 4.79 Å². The van der Waals surface area contributed by atoms with Gasteiger partial charge in [0, 0.05) is 26.9 Å². The first kappa shape index (κ1) is 16.2. The number of amides is 1. The van der Waals surface area contributed by atoms with Crippen LogP contribution in [-0.4, -0.2) is 42.8 Å². The van der Waals surface area contributed by atoms with Crippen molar-refractivity contribution < 1.29 is 19.1 Å². The van der Waals surface area contributed by atoms with Crippen molar-refractivity contribution in [3.63, 3.8) is 0 Å². The van der Waals surface area contributed by atoms with Gasteiger partial charge in [-0.15, -0.1) is 0 Å². The fraction of sp³-hybridized carbons (Fsp3) is 0.538. The van der Waals surface area contributed by atoms with Crippen LogP contribution in [0.25, 0.3) is 0 Å². The predicted octanol–water partition coefficient (Wildman–Crippen LogP) is 0.504. The van der Waals surface area contributed by atoms with Crippen LogP contribution in [0.2, 0.25) is 0 Å². The molecule has 0 saturated heterocycles. The lowest BCUT2D eigenvalue weighted by Crippen LogP contribution is -2.28. The van der Waals surface area contributed by atoms with Gasteiger partial charge in [0.1, 0.15) is 5.69 Å². The molecule has 1 amide bonds. The first-order valence-corrected chi connectivity index (χ1v) is 6.38. The Hall–Kier alpha value is -1.86. The summed E-state index contributed by atoms with van der Waals surface area (Å²) in [5, 5.41) is 2.70. The first-order valence-electron chi connectivity index (χ1n) is 6.38. The summed E-state index contributed by atoms with van der Waals surface area (Å²) in [6.07, 6.45) is 1.49. The molecule has 0 aliphatic rings. The lowest BCUT2D eigenvalue weighted by Gasteiger charge is -2.11. The molecule has 3 N–H and O–H groups in total. The number of nitrogens with one attached hydrogen (secondary N) is 1. The molecular weight excluding hydrogens is 262 g/mol. The first-order chi connectivity index (χ1) is 9.51. The van der Waals surface area contributed by atoms with Crippen molar-refractivity contribution in [3.8, 4) is 0 Å². The molecule has 0 aliphatic heterocycles. The molecule has 7 nitrogen and oxygen atoms in total. The van der Waals surface area contributed by atoms with Crippen LogP contribution in [-0.2, 0) is 21.3 Å². The lowest BCUT2D eigenvalue weighted by atomic mass is 10.2. The van der Waals surface area contributed by atoms with Crippen LogP contribution in [0.4, 0.5) is 5.69 Å². The van der Waals surface area contributed by atoms with E-state index < -0.39 is 5.97 Å². The molecule has 1 heterocycles. The number of anilines is 1. The number of carbonyl (C=O) groups excluding carboxylic acids is 2. The van der Waals surface area contributed by atoms with E-state index in [0.717, 1.165) is 0 Å². The highest BCUT2D eigenvalue weighted by Gasteiger charge is 2.16. The zero-order valence-electron chi connectivity index (χ0n) is 12.0. The Labute approximate surface area is 118 Å². The average Bonchev–Trinajstić information content (AvgIpc) is 2.77. The van der Waals surface area contributed by atoms with Gasteiger partial charge in [-0.2, -0.15) is 0 Å². The van der Waals surface area contributed by atoms with E-state index >= 15 is 0 Å². The van der Waals surface area contributed by atoms with Crippen molar-refractivity contribution in [1.82, 2.24) is 4.57 Å². The third-order valence-corrected chi connectivity index (χ3v) is 2.78. The summed E-state index contributed by atoms with van der Waals surface area (Å²) in [4.78, 5) is 23.4. The molecule has 0 aromatic carbocycles. The normalized spacial score (nSPS) is 12.0. The number of hydrogen-bond acceptors (Lipinski definition) is 5. The number of nitrogens with zero attached hydrogens (tertiary/aromatic N) is 1. The summed E-state index contributed by atoms with van der Waals surface area (Å²) in [7, 11) is 3.21. The summed E-state index contributed by atoms with van der Waals surface area (Å²) < 4.78 is 11.6. The monoisotopic (exact) mass is 283 g/mol. The van der Waals surface area contributed by atoms with Gasteiger partial charge in [0.25, 0.3) is 0 Å². The minimum Gasteiger partial charge on any atom is -0.461 e. The van der Waals surface area contributed by atoms with Gasteiger partial charge >= 0.3 is 5.97 Å². The second-order valence-corrected chi connectivity index (χ2v) is 4.29. The third kappa shape index (κ3) is 4.36. The number of aromatic nitrogens is 1. The van der Waals surface area contributed by atoms with Crippen LogP contribution >= 0.6 is 0 Å². The van der Waals surface area contributed by atoms with Gasteiger partial charge in [0.2, 0.25) is 5.91 Å². The smallest absolute Gasteiger partial charge is 0.355 e. The summed E-state index contributed by atoms with van der Waals surface area (Å²) in [6, 6.07) is 1.57. The summed E-state index contributed by atoms with van der Waals surface area (Å²) >= 11 is 0. The molecule has 0 saturated carbocycles. The number of hydrogen-bond donors (Lipinski definition) is 2. The number of ether oxygens (including phenoxy) is 2. The number of carbonyl (C=O) groups is 2. The van der Waals surface area contributed by atoms with E-state index in [-0.39, 0.29) is 25.0 Å². The topological polar surface area (TPSA) is 95.6 Å². The molecule has 112 valence electrons. The largest absolute Gasteiger partial charge is 0.461 e. The molecule has 1 rings (SSSR count). The maximum Gasteiger partial charge on any atom is 0.355 e. The van der Waals surface area contributed by atoms with Crippen molar-refractivity contribution in [2.24, 2.45) is 12.8 Å². The van der Waals surface area contributed by atoms with Crippen molar-refractivity contribution in [3.05, 3.63) is 18.0 Å². The molecular formula is C13H21N3O4. The van der Waals surface area contributed by atoms with E-state index in [1.54, 1.807) is 30.8 Å². The van der Waals surface area contributed by atoms with Crippen LogP contribution in [0, 0.1) is 0 Å². The predicted molar refractivity (Wildman–Crippen MR) is 74.5 cm³/mol. The van der Waals surface area contributed by atoms with Gasteiger partial charge in [-0.05, 0) is 13.0 Å². The lowest BCUT2D eigenvalue weighted by molar-refractivity contribution is -0.118. The van der Waals surface area contributed by atoms with Crippen LogP contribution < -0.4 is 11.1 Å². The van der Waals surface area contributed by atoms with Crippen LogP contribution in [0.1, 0.15) is 23.8 Å². The quantitative estimate of drug-likeness (QED) is 0.711. The van der Waals surface area contributed by atoms with Gasteiger partial charge in [0.15, 0.2) is 0 Å². The van der Waals surface area contributed by atoms with Crippen LogP contribution in [0.15, 0.2) is 12.3 Å². The van der Waals surface area contributed by atoms with Crippen molar-refractivity contribution in [1.29, 1.82) is 0 Å². The second-order valence-electron chi connectivity index (χ2n) is 4.29. The number of rotatable bonds is 7. The number of methoxy groups -OCH3 is 1.